The van der Waals surface area contributed by atoms with Crippen molar-refractivity contribution in [2.45, 2.75) is 6.92 Å². The number of nitrogens with zero attached hydrogens (tertiary/aromatic N) is 4. The molecule has 22 heavy (non-hydrogen) atoms. The molecule has 7 heteroatoms. The first kappa shape index (κ1) is 13.3. The Morgan fingerprint density at radius 2 is 1.95 bits per heavy atom. The van der Waals surface area contributed by atoms with Crippen LogP contribution in [0, 0.1) is 11.7 Å². The van der Waals surface area contributed by atoms with Crippen LogP contribution in [0.5, 0.6) is 0 Å². The molecule has 0 aliphatic rings. The summed E-state index contributed by atoms with van der Waals surface area (Å²) in [4.78, 5) is 0.917. The number of hydrogen-bond donors (Lipinski definition) is 1. The quantitative estimate of drug-likeness (QED) is 0.568. The van der Waals surface area contributed by atoms with E-state index in [9.17, 15) is 0 Å². The van der Waals surface area contributed by atoms with Crippen molar-refractivity contribution in [1.29, 1.82) is 0 Å². The maximum absolute atomic E-state index is 5.40. The van der Waals surface area contributed by atoms with Crippen LogP contribution in [0.15, 0.2) is 42.5 Å². The smallest absolute Gasteiger partial charge is 0.200 e. The summed E-state index contributed by atoms with van der Waals surface area (Å²) in [5.74, 6) is 0.743. The normalized spacial score (nSPS) is 11.1. The lowest BCUT2D eigenvalue weighted by molar-refractivity contribution is 1.04. The number of H-pyrrole nitrogens is 1. The fourth-order valence-corrected chi connectivity index (χ4v) is 3.32. The van der Waals surface area contributed by atoms with Gasteiger partial charge in [0.15, 0.2) is 10.6 Å². The van der Waals surface area contributed by atoms with Crippen molar-refractivity contribution in [3.8, 4) is 16.4 Å². The van der Waals surface area contributed by atoms with Crippen LogP contribution in [-0.2, 0) is 0 Å². The number of benzene rings is 2. The topological polar surface area (TPSA) is 59.4 Å². The summed E-state index contributed by atoms with van der Waals surface area (Å²) in [6.07, 6.45) is 0. The van der Waals surface area contributed by atoms with Gasteiger partial charge in [0.2, 0.25) is 0 Å². The van der Waals surface area contributed by atoms with E-state index in [2.05, 4.69) is 44.0 Å². The van der Waals surface area contributed by atoms with Crippen molar-refractivity contribution in [2.24, 2.45) is 0 Å². The molecule has 0 aliphatic heterocycles. The number of nitrogens with one attached hydrogen (secondary N) is 1. The average Bonchev–Trinajstić information content (AvgIpc) is 3.12. The molecule has 0 radical (unpaired) electrons. The minimum Gasteiger partial charge on any atom is -0.267 e. The van der Waals surface area contributed by atoms with E-state index in [0.717, 1.165) is 27.5 Å². The van der Waals surface area contributed by atoms with Gasteiger partial charge in [-0.25, -0.2) is 0 Å². The Balaban J connectivity index is 1.97. The number of aromatic amines is 1. The van der Waals surface area contributed by atoms with Crippen LogP contribution in [0.3, 0.4) is 0 Å². The molecule has 0 unspecified atom stereocenters. The number of aryl methyl sites for hydroxylation is 1. The van der Waals surface area contributed by atoms with Gasteiger partial charge in [-0.15, -0.1) is 5.10 Å². The first-order valence-corrected chi connectivity index (χ1v) is 7.88. The molecule has 2 aromatic heterocycles. The second-order valence-corrected chi connectivity index (χ2v) is 6.05. The van der Waals surface area contributed by atoms with E-state index in [4.69, 9.17) is 12.2 Å². The van der Waals surface area contributed by atoms with Crippen LogP contribution in [-0.4, -0.2) is 24.4 Å². The van der Waals surface area contributed by atoms with Crippen molar-refractivity contribution >= 4 is 34.5 Å². The molecule has 4 aromatic rings. The van der Waals surface area contributed by atoms with Gasteiger partial charge in [-0.3, -0.25) is 9.67 Å². The highest BCUT2D eigenvalue weighted by molar-refractivity contribution is 7.71. The molecule has 0 saturated heterocycles. The first-order valence-electron chi connectivity index (χ1n) is 6.70. The molecule has 5 nitrogen and oxygen atoms in total. The van der Waals surface area contributed by atoms with E-state index in [1.807, 2.05) is 29.7 Å². The molecule has 2 aromatic carbocycles. The summed E-state index contributed by atoms with van der Waals surface area (Å²) in [7, 11) is 0. The van der Waals surface area contributed by atoms with Gasteiger partial charge in [0.1, 0.15) is 4.88 Å². The lowest BCUT2D eigenvalue weighted by Gasteiger charge is -2.07. The fourth-order valence-electron chi connectivity index (χ4n) is 2.44. The molecule has 0 amide bonds. The van der Waals surface area contributed by atoms with Gasteiger partial charge in [-0.05, 0) is 53.6 Å². The summed E-state index contributed by atoms with van der Waals surface area (Å²) in [6, 6.07) is 14.5. The lowest BCUT2D eigenvalue weighted by atomic mass is 10.1. The van der Waals surface area contributed by atoms with E-state index in [1.54, 1.807) is 0 Å². The predicted octanol–water partition coefficient (Wildman–Crippen LogP) is 3.91. The highest BCUT2D eigenvalue weighted by atomic mass is 32.1. The third-order valence-electron chi connectivity index (χ3n) is 3.52. The van der Waals surface area contributed by atoms with Crippen molar-refractivity contribution in [3.63, 3.8) is 0 Å². The Kier molecular flexibility index (Phi) is 3.09. The number of rotatable bonds is 2. The zero-order valence-corrected chi connectivity index (χ0v) is 13.3. The largest absolute Gasteiger partial charge is 0.267 e. The third kappa shape index (κ3) is 2.06. The zero-order valence-electron chi connectivity index (χ0n) is 11.6. The summed E-state index contributed by atoms with van der Waals surface area (Å²) >= 11 is 6.72. The fraction of sp³-hybridized carbons (Fsp3) is 0.0667. The Hall–Kier alpha value is -2.38. The molecular formula is C15H11N5S2. The molecular weight excluding hydrogens is 314 g/mol. The van der Waals surface area contributed by atoms with Gasteiger partial charge in [0, 0.05) is 0 Å². The Morgan fingerprint density at radius 1 is 1.14 bits per heavy atom. The number of fused-ring (bicyclic) bond motifs is 1. The van der Waals surface area contributed by atoms with Gasteiger partial charge in [0.05, 0.1) is 11.4 Å². The molecule has 108 valence electrons. The summed E-state index contributed by atoms with van der Waals surface area (Å²) < 4.78 is 6.46. The molecule has 0 bridgehead atoms. The molecule has 1 N–H and O–H groups in total. The van der Waals surface area contributed by atoms with E-state index in [1.165, 1.54) is 16.9 Å². The molecule has 0 aliphatic carbocycles. The van der Waals surface area contributed by atoms with Gasteiger partial charge >= 0.3 is 0 Å². The third-order valence-corrected chi connectivity index (χ3v) is 4.62. The second kappa shape index (κ2) is 5.11. The van der Waals surface area contributed by atoms with Crippen LogP contribution in [0.4, 0.5) is 0 Å². The van der Waals surface area contributed by atoms with Crippen LogP contribution >= 0.6 is 23.8 Å². The summed E-state index contributed by atoms with van der Waals surface area (Å²) in [6.45, 7) is 1.92. The van der Waals surface area contributed by atoms with Crippen molar-refractivity contribution < 1.29 is 0 Å². The van der Waals surface area contributed by atoms with Gasteiger partial charge in [-0.2, -0.15) is 5.10 Å². The molecule has 0 saturated carbocycles. The van der Waals surface area contributed by atoms with Gasteiger partial charge < -0.3 is 0 Å². The molecule has 2 heterocycles. The monoisotopic (exact) mass is 325 g/mol. The Morgan fingerprint density at radius 3 is 2.73 bits per heavy atom. The molecule has 0 fully saturated rings. The number of aromatic nitrogens is 5. The standard InChI is InChI=1S/C15H11N5S2/c1-9-13(22-19-16-9)14-17-18-15(21)20(14)12-7-6-10-4-2-3-5-11(10)8-12/h2-8H,1H3,(H,18,21). The maximum Gasteiger partial charge on any atom is 0.200 e. The minimum absolute atomic E-state index is 0.554. The Labute approximate surface area is 135 Å². The van der Waals surface area contributed by atoms with Gasteiger partial charge in [0.25, 0.3) is 0 Å². The van der Waals surface area contributed by atoms with Crippen molar-refractivity contribution in [3.05, 3.63) is 52.9 Å². The first-order chi connectivity index (χ1) is 10.7. The average molecular weight is 325 g/mol. The van der Waals surface area contributed by atoms with E-state index in [-0.39, 0.29) is 0 Å². The SMILES string of the molecule is Cc1nnsc1-c1n[nH]c(=S)n1-c1ccc2ccccc2c1. The van der Waals surface area contributed by atoms with E-state index < -0.39 is 0 Å². The Bertz CT molecular complexity index is 1030. The van der Waals surface area contributed by atoms with Crippen molar-refractivity contribution in [2.75, 3.05) is 0 Å². The van der Waals surface area contributed by atoms with Crippen molar-refractivity contribution in [1.82, 2.24) is 24.4 Å². The molecule has 0 atom stereocenters. The second-order valence-electron chi connectivity index (χ2n) is 4.91. The van der Waals surface area contributed by atoms with Crippen LogP contribution in [0.2, 0.25) is 0 Å². The minimum atomic E-state index is 0.554. The zero-order chi connectivity index (χ0) is 15.1. The number of hydrogen-bond acceptors (Lipinski definition) is 5. The van der Waals surface area contributed by atoms with Crippen LogP contribution in [0.25, 0.3) is 27.2 Å². The summed E-state index contributed by atoms with van der Waals surface area (Å²) in [5, 5.41) is 13.6. The van der Waals surface area contributed by atoms with E-state index in [0.29, 0.717) is 4.77 Å². The molecule has 4 rings (SSSR count). The lowest BCUT2D eigenvalue weighted by Crippen LogP contribution is -1.97. The van der Waals surface area contributed by atoms with Crippen LogP contribution < -0.4 is 0 Å². The maximum atomic E-state index is 5.40. The molecule has 0 spiro atoms. The highest BCUT2D eigenvalue weighted by Crippen LogP contribution is 2.27. The van der Waals surface area contributed by atoms with E-state index >= 15 is 0 Å². The predicted molar refractivity (Wildman–Crippen MR) is 89.9 cm³/mol. The van der Waals surface area contributed by atoms with Crippen LogP contribution in [0.1, 0.15) is 5.69 Å². The van der Waals surface area contributed by atoms with Gasteiger partial charge in [-0.1, -0.05) is 34.8 Å². The highest BCUT2D eigenvalue weighted by Gasteiger charge is 2.16. The summed E-state index contributed by atoms with van der Waals surface area (Å²) in [5.41, 5.74) is 1.82.